The van der Waals surface area contributed by atoms with E-state index in [1.807, 2.05) is 30.3 Å². The minimum Gasteiger partial charge on any atom is -0.480 e. The van der Waals surface area contributed by atoms with Crippen molar-refractivity contribution in [2.75, 3.05) is 23.1 Å². The zero-order valence-electron chi connectivity index (χ0n) is 14.0. The Morgan fingerprint density at radius 1 is 1.24 bits per heavy atom. The van der Waals surface area contributed by atoms with E-state index in [9.17, 15) is 14.4 Å². The second-order valence-electron chi connectivity index (χ2n) is 5.43. The maximum Gasteiger partial charge on any atom is 0.321 e. The highest BCUT2D eigenvalue weighted by atomic mass is 32.2. The molecule has 138 valence electrons. The van der Waals surface area contributed by atoms with Gasteiger partial charge in [0.05, 0.1) is 5.75 Å². The van der Waals surface area contributed by atoms with E-state index in [4.69, 9.17) is 5.11 Å². The topological polar surface area (TPSA) is 83.5 Å². The molecule has 0 bridgehead atoms. The van der Waals surface area contributed by atoms with Crippen molar-refractivity contribution in [1.82, 2.24) is 5.32 Å². The number of thioether (sulfide) groups is 2. The van der Waals surface area contributed by atoms with Crippen LogP contribution in [0.1, 0.15) is 12.5 Å². The number of carboxylic acid groups (broad SMARTS) is 1. The van der Waals surface area contributed by atoms with E-state index >= 15 is 0 Å². The van der Waals surface area contributed by atoms with Crippen LogP contribution >= 0.6 is 36.2 Å². The largest absolute Gasteiger partial charge is 0.480 e. The van der Waals surface area contributed by atoms with Crippen LogP contribution in [0.5, 0.6) is 0 Å². The van der Waals surface area contributed by atoms with E-state index in [2.05, 4.69) is 17.9 Å². The van der Waals surface area contributed by atoms with Gasteiger partial charge in [-0.3, -0.25) is 19.7 Å². The van der Waals surface area contributed by atoms with Crippen molar-refractivity contribution in [1.29, 1.82) is 0 Å². The van der Waals surface area contributed by atoms with E-state index in [-0.39, 0.29) is 28.3 Å². The van der Waals surface area contributed by atoms with Gasteiger partial charge >= 0.3 is 5.97 Å². The Morgan fingerprint density at radius 2 is 1.92 bits per heavy atom. The van der Waals surface area contributed by atoms with Crippen molar-refractivity contribution in [2.24, 2.45) is 5.92 Å². The van der Waals surface area contributed by atoms with E-state index in [1.54, 1.807) is 0 Å². The van der Waals surface area contributed by atoms with Gasteiger partial charge in [0.25, 0.3) is 0 Å². The third-order valence-corrected chi connectivity index (χ3v) is 5.62. The zero-order valence-corrected chi connectivity index (χ0v) is 16.5. The number of hydrogen-bond acceptors (Lipinski definition) is 7. The van der Waals surface area contributed by atoms with Crippen LogP contribution in [0.4, 0.5) is 0 Å². The number of rotatable bonds is 12. The molecular weight excluding hydrogens is 378 g/mol. The van der Waals surface area contributed by atoms with Crippen molar-refractivity contribution >= 4 is 53.0 Å². The Morgan fingerprint density at radius 3 is 2.48 bits per heavy atom. The summed E-state index contributed by atoms with van der Waals surface area (Å²) in [6.07, 6.45) is 0.600. The number of thiol groups is 1. The Labute approximate surface area is 162 Å². The van der Waals surface area contributed by atoms with Crippen molar-refractivity contribution in [2.45, 2.75) is 19.4 Å². The molecule has 1 rings (SSSR count). The number of aliphatic carboxylic acids is 1. The zero-order chi connectivity index (χ0) is 18.7. The van der Waals surface area contributed by atoms with Crippen molar-refractivity contribution in [3.63, 3.8) is 0 Å². The standard InChI is InChI=1S/C17H23NO4S3/c1-12(19)25-9-14(7-13-5-3-2-4-6-13)16(20)10-24-11-18-15(8-23)17(21)22/h2-6,14-15,18,23H,7-11H2,1H3,(H,21,22)/t14-,15-/m0/s1. The lowest BCUT2D eigenvalue weighted by Gasteiger charge is -2.16. The number of carbonyl (C=O) groups is 3. The van der Waals surface area contributed by atoms with E-state index in [1.165, 1.54) is 30.4 Å². The van der Waals surface area contributed by atoms with Crippen LogP contribution in [0, 0.1) is 5.92 Å². The van der Waals surface area contributed by atoms with Gasteiger partial charge in [-0.1, -0.05) is 42.1 Å². The average molecular weight is 402 g/mol. The monoisotopic (exact) mass is 401 g/mol. The number of benzene rings is 1. The molecule has 0 radical (unpaired) electrons. The van der Waals surface area contributed by atoms with Gasteiger partial charge in [0, 0.05) is 30.2 Å². The summed E-state index contributed by atoms with van der Waals surface area (Å²) in [4.78, 5) is 34.6. The average Bonchev–Trinajstić information content (AvgIpc) is 2.58. The van der Waals surface area contributed by atoms with Crippen LogP contribution in [0.3, 0.4) is 0 Å². The fraction of sp³-hybridized carbons (Fsp3) is 0.471. The summed E-state index contributed by atoms with van der Waals surface area (Å²) in [6.45, 7) is 1.50. The highest BCUT2D eigenvalue weighted by Gasteiger charge is 2.20. The predicted molar refractivity (Wildman–Crippen MR) is 108 cm³/mol. The van der Waals surface area contributed by atoms with Crippen LogP contribution in [-0.2, 0) is 20.8 Å². The molecule has 1 aromatic carbocycles. The van der Waals surface area contributed by atoms with Crippen LogP contribution in [-0.4, -0.2) is 51.2 Å². The van der Waals surface area contributed by atoms with Crippen LogP contribution in [0.15, 0.2) is 30.3 Å². The SMILES string of the molecule is CC(=O)SC[C@H](Cc1ccccc1)C(=O)CSCN[C@@H](CS)C(=O)O. The van der Waals surface area contributed by atoms with Crippen LogP contribution < -0.4 is 5.32 Å². The Balaban J connectivity index is 2.51. The summed E-state index contributed by atoms with van der Waals surface area (Å²) in [5.74, 6) is 0.178. The number of nitrogens with one attached hydrogen (secondary N) is 1. The van der Waals surface area contributed by atoms with E-state index in [0.717, 1.165) is 5.56 Å². The summed E-state index contributed by atoms with van der Waals surface area (Å²) in [5.41, 5.74) is 1.06. The fourth-order valence-corrected chi connectivity index (χ4v) is 3.92. The summed E-state index contributed by atoms with van der Waals surface area (Å²) < 4.78 is 0. The lowest BCUT2D eigenvalue weighted by molar-refractivity contribution is -0.138. The Kier molecular flexibility index (Phi) is 11.0. The maximum absolute atomic E-state index is 12.5. The molecule has 0 fully saturated rings. The first-order chi connectivity index (χ1) is 11.9. The molecule has 2 N–H and O–H groups in total. The molecule has 0 amide bonds. The molecule has 2 atom stereocenters. The third-order valence-electron chi connectivity index (χ3n) is 3.42. The molecule has 8 heteroatoms. The van der Waals surface area contributed by atoms with Gasteiger partial charge in [-0.15, -0.1) is 11.8 Å². The first-order valence-corrected chi connectivity index (χ1v) is 10.6. The van der Waals surface area contributed by atoms with Crippen molar-refractivity contribution < 1.29 is 19.5 Å². The van der Waals surface area contributed by atoms with Gasteiger partial charge in [-0.2, -0.15) is 12.6 Å². The normalized spacial score (nSPS) is 13.2. The number of hydrogen-bond donors (Lipinski definition) is 3. The van der Waals surface area contributed by atoms with Crippen LogP contribution in [0.2, 0.25) is 0 Å². The van der Waals surface area contributed by atoms with E-state index < -0.39 is 12.0 Å². The van der Waals surface area contributed by atoms with Gasteiger partial charge in [-0.05, 0) is 12.0 Å². The highest BCUT2D eigenvalue weighted by molar-refractivity contribution is 8.13. The summed E-state index contributed by atoms with van der Waals surface area (Å²) >= 11 is 6.49. The van der Waals surface area contributed by atoms with Gasteiger partial charge < -0.3 is 5.11 Å². The molecule has 0 heterocycles. The fourth-order valence-electron chi connectivity index (χ4n) is 2.04. The molecule has 25 heavy (non-hydrogen) atoms. The number of carbonyl (C=O) groups excluding carboxylic acids is 2. The second kappa shape index (κ2) is 12.4. The predicted octanol–water partition coefficient (Wildman–Crippen LogP) is 2.36. The lowest BCUT2D eigenvalue weighted by Crippen LogP contribution is -2.38. The molecule has 0 aliphatic carbocycles. The lowest BCUT2D eigenvalue weighted by atomic mass is 9.98. The van der Waals surface area contributed by atoms with Gasteiger partial charge in [-0.25, -0.2) is 0 Å². The van der Waals surface area contributed by atoms with Gasteiger partial charge in [0.1, 0.15) is 11.8 Å². The molecule has 0 saturated carbocycles. The molecule has 0 saturated heterocycles. The summed E-state index contributed by atoms with van der Waals surface area (Å²) in [6, 6.07) is 9.00. The second-order valence-corrected chi connectivity index (χ2v) is 7.97. The summed E-state index contributed by atoms with van der Waals surface area (Å²) in [5, 5.41) is 11.8. The first-order valence-electron chi connectivity index (χ1n) is 7.78. The molecular formula is C17H23NO4S3. The first kappa shape index (κ1) is 22.1. The third kappa shape index (κ3) is 9.34. The van der Waals surface area contributed by atoms with Gasteiger partial charge in [0.2, 0.25) is 0 Å². The van der Waals surface area contributed by atoms with Crippen LogP contribution in [0.25, 0.3) is 0 Å². The molecule has 0 aromatic heterocycles. The molecule has 1 aromatic rings. The van der Waals surface area contributed by atoms with Crippen molar-refractivity contribution in [3.8, 4) is 0 Å². The molecule has 0 spiro atoms. The Bertz CT molecular complexity index is 568. The number of ketones is 1. The smallest absolute Gasteiger partial charge is 0.321 e. The minimum absolute atomic E-state index is 0.00161. The minimum atomic E-state index is -0.957. The number of Topliss-reactive ketones (excluding diaryl/α,β-unsaturated/α-hetero) is 1. The van der Waals surface area contributed by atoms with Crippen molar-refractivity contribution in [3.05, 3.63) is 35.9 Å². The Hall–Kier alpha value is -0.960. The molecule has 0 aliphatic rings. The molecule has 0 unspecified atom stereocenters. The van der Waals surface area contributed by atoms with Gasteiger partial charge in [0.15, 0.2) is 5.12 Å². The molecule has 5 nitrogen and oxygen atoms in total. The quantitative estimate of drug-likeness (QED) is 0.282. The number of carboxylic acids is 1. The molecule has 0 aliphatic heterocycles. The summed E-state index contributed by atoms with van der Waals surface area (Å²) in [7, 11) is 0. The maximum atomic E-state index is 12.5. The highest BCUT2D eigenvalue weighted by Crippen LogP contribution is 2.18. The van der Waals surface area contributed by atoms with E-state index in [0.29, 0.717) is 18.1 Å².